The predicted molar refractivity (Wildman–Crippen MR) is 76.2 cm³/mol. The first-order valence-corrected chi connectivity index (χ1v) is 6.55. The van der Waals surface area contributed by atoms with Crippen molar-refractivity contribution in [1.29, 1.82) is 0 Å². The summed E-state index contributed by atoms with van der Waals surface area (Å²) in [6.07, 6.45) is 3.92. The highest BCUT2D eigenvalue weighted by Gasteiger charge is 2.17. The van der Waals surface area contributed by atoms with E-state index in [4.69, 9.17) is 0 Å². The van der Waals surface area contributed by atoms with E-state index in [-0.39, 0.29) is 18.2 Å². The number of carbonyl (C=O) groups is 2. The van der Waals surface area contributed by atoms with Gasteiger partial charge in [-0.05, 0) is 17.7 Å². The maximum atomic E-state index is 11.9. The Labute approximate surface area is 120 Å². The van der Waals surface area contributed by atoms with Crippen molar-refractivity contribution in [1.82, 2.24) is 20.7 Å². The molecule has 0 saturated heterocycles. The van der Waals surface area contributed by atoms with E-state index in [9.17, 15) is 9.59 Å². The maximum absolute atomic E-state index is 11.9. The third-order valence-corrected chi connectivity index (χ3v) is 3.15. The lowest BCUT2D eigenvalue weighted by atomic mass is 10.1. The second-order valence-corrected chi connectivity index (χ2v) is 4.66. The molecular weight excluding hydrogens is 270 g/mol. The van der Waals surface area contributed by atoms with Crippen LogP contribution >= 0.6 is 0 Å². The third kappa shape index (κ3) is 3.02. The summed E-state index contributed by atoms with van der Waals surface area (Å²) in [7, 11) is 0. The first kappa shape index (κ1) is 13.2. The van der Waals surface area contributed by atoms with Gasteiger partial charge in [0.2, 0.25) is 5.91 Å². The molecule has 21 heavy (non-hydrogen) atoms. The number of hydrazone groups is 1. The Morgan fingerprint density at radius 2 is 2.00 bits per heavy atom. The Kier molecular flexibility index (Phi) is 3.55. The van der Waals surface area contributed by atoms with Crippen LogP contribution in [0.3, 0.4) is 0 Å². The average molecular weight is 283 g/mol. The maximum Gasteiger partial charge on any atom is 0.267 e. The van der Waals surface area contributed by atoms with E-state index in [0.29, 0.717) is 18.7 Å². The number of hydrogen-bond donors (Lipinski definition) is 2. The highest BCUT2D eigenvalue weighted by molar-refractivity contribution is 6.39. The van der Waals surface area contributed by atoms with Crippen LogP contribution < -0.4 is 10.7 Å². The van der Waals surface area contributed by atoms with E-state index in [2.05, 4.69) is 25.8 Å². The molecule has 3 rings (SSSR count). The Balaban J connectivity index is 1.66. The van der Waals surface area contributed by atoms with Gasteiger partial charge in [0.25, 0.3) is 5.91 Å². The molecule has 0 atom stereocenters. The van der Waals surface area contributed by atoms with Crippen LogP contribution in [-0.2, 0) is 16.1 Å². The quantitative estimate of drug-likeness (QED) is 0.858. The van der Waals surface area contributed by atoms with Crippen LogP contribution in [0.4, 0.5) is 0 Å². The normalized spacial score (nSPS) is 14.5. The van der Waals surface area contributed by atoms with Crippen molar-refractivity contribution in [2.75, 3.05) is 0 Å². The molecule has 7 nitrogen and oxygen atoms in total. The van der Waals surface area contributed by atoms with Gasteiger partial charge in [-0.3, -0.25) is 19.6 Å². The molecule has 1 aromatic carbocycles. The van der Waals surface area contributed by atoms with Gasteiger partial charge in [0.15, 0.2) is 0 Å². The molecule has 0 bridgehead atoms. The molecule has 1 aliphatic rings. The summed E-state index contributed by atoms with van der Waals surface area (Å²) in [6.45, 7) is 0.373. The molecule has 0 aliphatic carbocycles. The number of nitrogens with one attached hydrogen (secondary N) is 2. The van der Waals surface area contributed by atoms with Crippen molar-refractivity contribution in [3.8, 4) is 0 Å². The van der Waals surface area contributed by atoms with Crippen molar-refractivity contribution in [2.45, 2.75) is 19.4 Å². The van der Waals surface area contributed by atoms with E-state index < -0.39 is 0 Å². The molecule has 2 heterocycles. The first-order chi connectivity index (χ1) is 10.2. The van der Waals surface area contributed by atoms with Crippen molar-refractivity contribution in [3.05, 3.63) is 36.2 Å². The zero-order chi connectivity index (χ0) is 14.7. The Bertz CT molecular complexity index is 741. The molecule has 1 aromatic heterocycles. The molecule has 0 fully saturated rings. The van der Waals surface area contributed by atoms with Gasteiger partial charge in [-0.1, -0.05) is 6.07 Å². The molecule has 2 amide bonds. The van der Waals surface area contributed by atoms with Gasteiger partial charge in [-0.15, -0.1) is 0 Å². The van der Waals surface area contributed by atoms with Crippen LogP contribution in [0.25, 0.3) is 11.0 Å². The van der Waals surface area contributed by atoms with Crippen LogP contribution in [-0.4, -0.2) is 27.5 Å². The number of carbonyl (C=O) groups excluding carboxylic acids is 2. The minimum absolute atomic E-state index is 0.167. The summed E-state index contributed by atoms with van der Waals surface area (Å²) in [5, 5.41) is 6.53. The summed E-state index contributed by atoms with van der Waals surface area (Å²) in [4.78, 5) is 31.3. The topological polar surface area (TPSA) is 96.3 Å². The molecular formula is C14H13N5O2. The van der Waals surface area contributed by atoms with Gasteiger partial charge in [0, 0.05) is 31.8 Å². The van der Waals surface area contributed by atoms with Crippen molar-refractivity contribution in [3.63, 3.8) is 0 Å². The predicted octanol–water partition coefficient (Wildman–Crippen LogP) is 0.512. The van der Waals surface area contributed by atoms with Crippen LogP contribution in [0, 0.1) is 0 Å². The summed E-state index contributed by atoms with van der Waals surface area (Å²) in [5.74, 6) is -0.436. The Hall–Kier alpha value is -2.83. The molecule has 106 valence electrons. The van der Waals surface area contributed by atoms with Gasteiger partial charge in [-0.2, -0.15) is 5.10 Å². The van der Waals surface area contributed by atoms with Gasteiger partial charge in [0.05, 0.1) is 11.0 Å². The molecule has 1 aliphatic heterocycles. The molecule has 2 aromatic rings. The summed E-state index contributed by atoms with van der Waals surface area (Å²) in [5.41, 5.74) is 5.17. The number of amides is 2. The number of hydrogen-bond acceptors (Lipinski definition) is 5. The standard InChI is InChI=1S/C14H13N5O2/c20-13-4-3-11(18-19-13)14(21)17-8-9-1-2-10-12(7-9)16-6-5-15-10/h1-2,5-7H,3-4,8H2,(H,17,21)(H,19,20). The minimum Gasteiger partial charge on any atom is -0.347 e. The number of rotatable bonds is 3. The summed E-state index contributed by atoms with van der Waals surface area (Å²) >= 11 is 0. The van der Waals surface area contributed by atoms with Gasteiger partial charge in [-0.25, -0.2) is 5.43 Å². The number of nitrogens with zero attached hydrogens (tertiary/aromatic N) is 3. The van der Waals surface area contributed by atoms with Gasteiger partial charge < -0.3 is 5.32 Å². The van der Waals surface area contributed by atoms with Gasteiger partial charge in [0.1, 0.15) is 5.71 Å². The Morgan fingerprint density at radius 3 is 2.76 bits per heavy atom. The summed E-state index contributed by atoms with van der Waals surface area (Å²) < 4.78 is 0. The molecule has 0 unspecified atom stereocenters. The second-order valence-electron chi connectivity index (χ2n) is 4.66. The first-order valence-electron chi connectivity index (χ1n) is 6.55. The average Bonchev–Trinajstić information content (AvgIpc) is 2.53. The molecule has 0 radical (unpaired) electrons. The van der Waals surface area contributed by atoms with E-state index >= 15 is 0 Å². The minimum atomic E-state index is -0.269. The monoisotopic (exact) mass is 283 g/mol. The van der Waals surface area contributed by atoms with E-state index in [0.717, 1.165) is 16.6 Å². The highest BCUT2D eigenvalue weighted by Crippen LogP contribution is 2.10. The van der Waals surface area contributed by atoms with Crippen molar-refractivity contribution >= 4 is 28.6 Å². The molecule has 7 heteroatoms. The fourth-order valence-electron chi connectivity index (χ4n) is 2.04. The lowest BCUT2D eigenvalue weighted by molar-refractivity contribution is -0.121. The zero-order valence-electron chi connectivity index (χ0n) is 11.2. The smallest absolute Gasteiger partial charge is 0.267 e. The number of fused-ring (bicyclic) bond motifs is 1. The third-order valence-electron chi connectivity index (χ3n) is 3.15. The zero-order valence-corrected chi connectivity index (χ0v) is 11.2. The number of benzene rings is 1. The highest BCUT2D eigenvalue weighted by atomic mass is 16.2. The molecule has 2 N–H and O–H groups in total. The van der Waals surface area contributed by atoms with Crippen LogP contribution in [0.2, 0.25) is 0 Å². The number of aromatic nitrogens is 2. The van der Waals surface area contributed by atoms with Crippen molar-refractivity contribution < 1.29 is 9.59 Å². The van der Waals surface area contributed by atoms with Crippen molar-refractivity contribution in [2.24, 2.45) is 5.10 Å². The van der Waals surface area contributed by atoms with Crippen LogP contribution in [0.1, 0.15) is 18.4 Å². The fourth-order valence-corrected chi connectivity index (χ4v) is 2.04. The largest absolute Gasteiger partial charge is 0.347 e. The Morgan fingerprint density at radius 1 is 1.19 bits per heavy atom. The summed E-state index contributed by atoms with van der Waals surface area (Å²) in [6, 6.07) is 5.64. The fraction of sp³-hybridized carbons (Fsp3) is 0.214. The lowest BCUT2D eigenvalue weighted by Crippen LogP contribution is -2.36. The van der Waals surface area contributed by atoms with E-state index in [1.54, 1.807) is 12.4 Å². The van der Waals surface area contributed by atoms with Gasteiger partial charge >= 0.3 is 0 Å². The second kappa shape index (κ2) is 5.66. The van der Waals surface area contributed by atoms with E-state index in [1.165, 1.54) is 0 Å². The van der Waals surface area contributed by atoms with Crippen LogP contribution in [0.15, 0.2) is 35.7 Å². The van der Waals surface area contributed by atoms with E-state index in [1.807, 2.05) is 18.2 Å². The van der Waals surface area contributed by atoms with Crippen LogP contribution in [0.5, 0.6) is 0 Å². The molecule has 0 spiro atoms. The SMILES string of the molecule is O=C1CCC(C(=O)NCc2ccc3nccnc3c2)=NN1. The molecule has 0 saturated carbocycles. The lowest BCUT2D eigenvalue weighted by Gasteiger charge is -2.12.